The Morgan fingerprint density at radius 3 is 2.17 bits per heavy atom. The molecule has 0 aromatic heterocycles. The van der Waals surface area contributed by atoms with E-state index in [1.165, 1.54) is 0 Å². The highest BCUT2D eigenvalue weighted by atomic mass is 19.4. The Bertz CT molecular complexity index is 456. The number of esters is 1. The van der Waals surface area contributed by atoms with Gasteiger partial charge in [0.1, 0.15) is 6.10 Å². The molecule has 0 aromatic rings. The van der Waals surface area contributed by atoms with Crippen LogP contribution >= 0.6 is 0 Å². The highest BCUT2D eigenvalue weighted by Gasteiger charge is 2.55. The molecule has 0 aliphatic heterocycles. The molecule has 0 amide bonds. The molecule has 2 fully saturated rings. The molecular weight excluding hydrogens is 309 g/mol. The highest BCUT2D eigenvalue weighted by molar-refractivity contribution is 5.76. The molecular formula is C17H27F3O3. The van der Waals surface area contributed by atoms with Crippen molar-refractivity contribution in [1.82, 2.24) is 0 Å². The fourth-order valence-corrected chi connectivity index (χ4v) is 3.80. The zero-order valence-electron chi connectivity index (χ0n) is 14.2. The highest BCUT2D eigenvalue weighted by Crippen LogP contribution is 2.53. The molecule has 0 saturated heterocycles. The maximum Gasteiger partial charge on any atom is 0.416 e. The number of alkyl halides is 3. The normalized spacial score (nSPS) is 33.6. The number of ether oxygens (including phenoxy) is 1. The molecule has 5 unspecified atom stereocenters. The summed E-state index contributed by atoms with van der Waals surface area (Å²) in [4.78, 5) is 12.2. The fraction of sp³-hybridized carbons (Fsp3) is 0.941. The van der Waals surface area contributed by atoms with Crippen LogP contribution in [0.1, 0.15) is 59.8 Å². The molecule has 3 nitrogen and oxygen atoms in total. The average Bonchev–Trinajstić information content (AvgIpc) is 2.96. The van der Waals surface area contributed by atoms with Crippen molar-refractivity contribution in [2.75, 3.05) is 0 Å². The summed E-state index contributed by atoms with van der Waals surface area (Å²) < 4.78 is 44.1. The zero-order chi connectivity index (χ0) is 17.6. The van der Waals surface area contributed by atoms with Crippen molar-refractivity contribution in [2.45, 2.75) is 77.7 Å². The standard InChI is InChI=1S/C17H27F3O3/c1-5-15(2,3)14(21)23-13-8-10-6-11(13)7-12(10)9-16(4,22)17(18,19)20/h10-13,22H,5-9H2,1-4H3. The van der Waals surface area contributed by atoms with Gasteiger partial charge in [0.05, 0.1) is 5.41 Å². The molecule has 2 aliphatic carbocycles. The smallest absolute Gasteiger partial charge is 0.416 e. The van der Waals surface area contributed by atoms with Crippen LogP contribution in [0.3, 0.4) is 0 Å². The van der Waals surface area contributed by atoms with Crippen molar-refractivity contribution in [1.29, 1.82) is 0 Å². The summed E-state index contributed by atoms with van der Waals surface area (Å²) in [5.74, 6) is -0.135. The lowest BCUT2D eigenvalue weighted by Crippen LogP contribution is -2.45. The molecule has 2 aliphatic rings. The van der Waals surface area contributed by atoms with E-state index in [-0.39, 0.29) is 36.2 Å². The van der Waals surface area contributed by atoms with Crippen molar-refractivity contribution in [2.24, 2.45) is 23.2 Å². The van der Waals surface area contributed by atoms with E-state index in [2.05, 4.69) is 0 Å². The summed E-state index contributed by atoms with van der Waals surface area (Å²) in [6.07, 6.45) is -2.35. The second-order valence-electron chi connectivity index (χ2n) is 8.14. The molecule has 23 heavy (non-hydrogen) atoms. The number of carbonyl (C=O) groups excluding carboxylic acids is 1. The van der Waals surface area contributed by atoms with E-state index in [0.717, 1.165) is 13.3 Å². The Labute approximate surface area is 135 Å². The SMILES string of the molecule is CCC(C)(C)C(=O)OC1CC2CC1CC2CC(C)(O)C(F)(F)F. The van der Waals surface area contributed by atoms with Gasteiger partial charge in [0.2, 0.25) is 0 Å². The number of aliphatic hydroxyl groups is 1. The van der Waals surface area contributed by atoms with Crippen molar-refractivity contribution < 1.29 is 27.8 Å². The van der Waals surface area contributed by atoms with Crippen LogP contribution in [-0.4, -0.2) is 29.0 Å². The maximum absolute atomic E-state index is 12.8. The maximum atomic E-state index is 12.8. The van der Waals surface area contributed by atoms with E-state index in [9.17, 15) is 23.1 Å². The summed E-state index contributed by atoms with van der Waals surface area (Å²) in [5, 5.41) is 9.68. The predicted molar refractivity (Wildman–Crippen MR) is 79.6 cm³/mol. The lowest BCUT2D eigenvalue weighted by atomic mass is 9.79. The average molecular weight is 336 g/mol. The largest absolute Gasteiger partial charge is 0.462 e. The summed E-state index contributed by atoms with van der Waals surface area (Å²) in [5.41, 5.74) is -3.17. The van der Waals surface area contributed by atoms with Crippen molar-refractivity contribution >= 4 is 5.97 Å². The van der Waals surface area contributed by atoms with Gasteiger partial charge < -0.3 is 9.84 Å². The summed E-state index contributed by atoms with van der Waals surface area (Å²) >= 11 is 0. The molecule has 2 bridgehead atoms. The van der Waals surface area contributed by atoms with E-state index in [4.69, 9.17) is 4.74 Å². The number of hydrogen-bond donors (Lipinski definition) is 1. The second-order valence-corrected chi connectivity index (χ2v) is 8.14. The quantitative estimate of drug-likeness (QED) is 0.770. The van der Waals surface area contributed by atoms with Crippen LogP contribution in [0.5, 0.6) is 0 Å². The van der Waals surface area contributed by atoms with Gasteiger partial charge in [0.25, 0.3) is 0 Å². The van der Waals surface area contributed by atoms with Gasteiger partial charge in [0, 0.05) is 0 Å². The summed E-state index contributed by atoms with van der Waals surface area (Å²) in [6, 6.07) is 0. The predicted octanol–water partition coefficient (Wildman–Crippen LogP) is 4.08. The lowest BCUT2D eigenvalue weighted by molar-refractivity contribution is -0.259. The number of halogens is 3. The topological polar surface area (TPSA) is 46.5 Å². The van der Waals surface area contributed by atoms with E-state index in [0.29, 0.717) is 19.3 Å². The van der Waals surface area contributed by atoms with E-state index < -0.39 is 17.2 Å². The molecule has 6 heteroatoms. The first-order chi connectivity index (χ1) is 10.4. The Kier molecular flexibility index (Phi) is 4.79. The van der Waals surface area contributed by atoms with Crippen molar-refractivity contribution in [3.63, 3.8) is 0 Å². The Hall–Kier alpha value is -0.780. The Morgan fingerprint density at radius 1 is 1.13 bits per heavy atom. The number of hydrogen-bond acceptors (Lipinski definition) is 3. The molecule has 0 radical (unpaired) electrons. The third-order valence-electron chi connectivity index (χ3n) is 5.90. The summed E-state index contributed by atoms with van der Waals surface area (Å²) in [6.45, 7) is 6.45. The van der Waals surface area contributed by atoms with Gasteiger partial charge >= 0.3 is 12.1 Å². The monoisotopic (exact) mass is 336 g/mol. The van der Waals surface area contributed by atoms with Gasteiger partial charge in [-0.25, -0.2) is 0 Å². The Balaban J connectivity index is 1.92. The lowest BCUT2D eigenvalue weighted by Gasteiger charge is -2.35. The fourth-order valence-electron chi connectivity index (χ4n) is 3.80. The molecule has 5 atom stereocenters. The van der Waals surface area contributed by atoms with Gasteiger partial charge in [-0.2, -0.15) is 13.2 Å². The molecule has 0 spiro atoms. The molecule has 2 rings (SSSR count). The van der Waals surface area contributed by atoms with E-state index in [1.807, 2.05) is 20.8 Å². The van der Waals surface area contributed by atoms with E-state index >= 15 is 0 Å². The first kappa shape index (κ1) is 18.6. The van der Waals surface area contributed by atoms with Crippen LogP contribution in [0.15, 0.2) is 0 Å². The van der Waals surface area contributed by atoms with Crippen LogP contribution in [0.4, 0.5) is 13.2 Å². The van der Waals surface area contributed by atoms with Crippen molar-refractivity contribution in [3.05, 3.63) is 0 Å². The van der Waals surface area contributed by atoms with Gasteiger partial charge in [-0.15, -0.1) is 0 Å². The number of carbonyl (C=O) groups is 1. The third kappa shape index (κ3) is 3.67. The van der Waals surface area contributed by atoms with Crippen LogP contribution < -0.4 is 0 Å². The minimum atomic E-state index is -4.61. The summed E-state index contributed by atoms with van der Waals surface area (Å²) in [7, 11) is 0. The van der Waals surface area contributed by atoms with Gasteiger partial charge in [-0.3, -0.25) is 4.79 Å². The molecule has 2 saturated carbocycles. The molecule has 134 valence electrons. The van der Waals surface area contributed by atoms with Gasteiger partial charge in [-0.05, 0) is 70.6 Å². The minimum Gasteiger partial charge on any atom is -0.462 e. The minimum absolute atomic E-state index is 0.108. The van der Waals surface area contributed by atoms with Crippen molar-refractivity contribution in [3.8, 4) is 0 Å². The molecule has 1 N–H and O–H groups in total. The van der Waals surface area contributed by atoms with E-state index in [1.54, 1.807) is 0 Å². The zero-order valence-corrected chi connectivity index (χ0v) is 14.2. The van der Waals surface area contributed by atoms with Crippen LogP contribution in [0.25, 0.3) is 0 Å². The first-order valence-corrected chi connectivity index (χ1v) is 8.37. The van der Waals surface area contributed by atoms with Crippen LogP contribution in [-0.2, 0) is 9.53 Å². The number of rotatable bonds is 5. The second kappa shape index (κ2) is 5.94. The molecule has 0 aromatic carbocycles. The van der Waals surface area contributed by atoms with Crippen LogP contribution in [0, 0.1) is 23.2 Å². The molecule has 0 heterocycles. The Morgan fingerprint density at radius 2 is 1.74 bits per heavy atom. The number of fused-ring (bicyclic) bond motifs is 2. The van der Waals surface area contributed by atoms with Gasteiger partial charge in [0.15, 0.2) is 5.60 Å². The van der Waals surface area contributed by atoms with Gasteiger partial charge in [-0.1, -0.05) is 6.92 Å². The van der Waals surface area contributed by atoms with Crippen LogP contribution in [0.2, 0.25) is 0 Å². The third-order valence-corrected chi connectivity index (χ3v) is 5.90. The first-order valence-electron chi connectivity index (χ1n) is 8.37.